The van der Waals surface area contributed by atoms with Gasteiger partial charge in [-0.2, -0.15) is 0 Å². The first-order chi connectivity index (χ1) is 6.41. The van der Waals surface area contributed by atoms with Crippen LogP contribution in [0, 0.1) is 0 Å². The van der Waals surface area contributed by atoms with Crippen molar-refractivity contribution in [1.29, 1.82) is 0 Å². The van der Waals surface area contributed by atoms with Gasteiger partial charge < -0.3 is 4.74 Å². The average Bonchev–Trinajstić information content (AvgIpc) is 2.16. The minimum Gasteiger partial charge on any atom is -0.382 e. The van der Waals surface area contributed by atoms with Crippen molar-refractivity contribution in [1.82, 2.24) is 0 Å². The third-order valence-electron chi connectivity index (χ3n) is 2.15. The fourth-order valence-corrected chi connectivity index (χ4v) is 1.34. The van der Waals surface area contributed by atoms with E-state index in [0.29, 0.717) is 0 Å². The summed E-state index contributed by atoms with van der Waals surface area (Å²) >= 11 is 0. The van der Waals surface area contributed by atoms with Gasteiger partial charge in [0.15, 0.2) is 0 Å². The van der Waals surface area contributed by atoms with Crippen molar-refractivity contribution < 1.29 is 4.74 Å². The molecule has 0 aliphatic heterocycles. The van der Waals surface area contributed by atoms with Crippen molar-refractivity contribution >= 4 is 0 Å². The second-order valence-corrected chi connectivity index (χ2v) is 3.40. The minimum atomic E-state index is 0.860. The number of unbranched alkanes of at least 4 members (excludes halogenated alkanes) is 6. The van der Waals surface area contributed by atoms with Crippen molar-refractivity contribution in [3.05, 3.63) is 12.7 Å². The van der Waals surface area contributed by atoms with E-state index in [1.54, 1.807) is 0 Å². The van der Waals surface area contributed by atoms with Crippen molar-refractivity contribution in [2.24, 2.45) is 0 Å². The number of hydrogen-bond donors (Lipinski definition) is 0. The third kappa shape index (κ3) is 11.7. The van der Waals surface area contributed by atoms with E-state index < -0.39 is 0 Å². The molecular formula is C12H24O. The van der Waals surface area contributed by atoms with Gasteiger partial charge in [-0.25, -0.2) is 0 Å². The van der Waals surface area contributed by atoms with E-state index in [9.17, 15) is 0 Å². The highest BCUT2D eigenvalue weighted by molar-refractivity contribution is 4.65. The highest BCUT2D eigenvalue weighted by Gasteiger charge is 1.90. The van der Waals surface area contributed by atoms with E-state index >= 15 is 0 Å². The molecule has 0 aromatic rings. The van der Waals surface area contributed by atoms with E-state index in [0.717, 1.165) is 13.2 Å². The van der Waals surface area contributed by atoms with Crippen LogP contribution in [0.15, 0.2) is 12.7 Å². The molecule has 0 saturated heterocycles. The van der Waals surface area contributed by atoms with Crippen LogP contribution in [0.4, 0.5) is 0 Å². The molecule has 0 amide bonds. The van der Waals surface area contributed by atoms with Crippen molar-refractivity contribution in [3.63, 3.8) is 0 Å². The maximum absolute atomic E-state index is 5.27. The highest BCUT2D eigenvalue weighted by Crippen LogP contribution is 2.07. The predicted octanol–water partition coefficient (Wildman–Crippen LogP) is 3.94. The van der Waals surface area contributed by atoms with Crippen molar-refractivity contribution in [2.75, 3.05) is 13.2 Å². The first-order valence-electron chi connectivity index (χ1n) is 5.60. The molecule has 0 saturated carbocycles. The lowest BCUT2D eigenvalue weighted by Gasteiger charge is -2.01. The molecule has 0 heterocycles. The molecule has 78 valence electrons. The van der Waals surface area contributed by atoms with Gasteiger partial charge in [-0.15, -0.1) is 6.58 Å². The normalized spacial score (nSPS) is 10.2. The predicted molar refractivity (Wildman–Crippen MR) is 59.0 cm³/mol. The summed E-state index contributed by atoms with van der Waals surface area (Å²) < 4.78 is 5.27. The van der Waals surface area contributed by atoms with E-state index in [2.05, 4.69) is 13.5 Å². The molecule has 0 spiro atoms. The minimum absolute atomic E-state index is 0.860. The maximum atomic E-state index is 5.27. The fraction of sp³-hybridized carbons (Fsp3) is 0.833. The maximum Gasteiger partial charge on any atom is 0.0465 e. The SMILES string of the molecule is C=CCCCCCCCCOCC. The van der Waals surface area contributed by atoms with Gasteiger partial charge >= 0.3 is 0 Å². The Bertz CT molecular complexity index is 99.3. The summed E-state index contributed by atoms with van der Waals surface area (Å²) in [4.78, 5) is 0. The molecule has 0 atom stereocenters. The summed E-state index contributed by atoms with van der Waals surface area (Å²) in [6.07, 6.45) is 11.2. The van der Waals surface area contributed by atoms with Gasteiger partial charge in [0.1, 0.15) is 0 Å². The summed E-state index contributed by atoms with van der Waals surface area (Å²) in [5.74, 6) is 0. The molecule has 0 aromatic heterocycles. The smallest absolute Gasteiger partial charge is 0.0465 e. The number of rotatable bonds is 10. The molecule has 0 aromatic carbocycles. The highest BCUT2D eigenvalue weighted by atomic mass is 16.5. The van der Waals surface area contributed by atoms with E-state index in [1.807, 2.05) is 6.08 Å². The van der Waals surface area contributed by atoms with Crippen LogP contribution >= 0.6 is 0 Å². The Kier molecular flexibility index (Phi) is 11.4. The Balaban J connectivity index is 2.79. The molecule has 1 nitrogen and oxygen atoms in total. The zero-order valence-electron chi connectivity index (χ0n) is 9.06. The molecule has 0 rings (SSSR count). The average molecular weight is 184 g/mol. The van der Waals surface area contributed by atoms with Crippen LogP contribution in [-0.4, -0.2) is 13.2 Å². The zero-order chi connectivity index (χ0) is 9.78. The number of allylic oxidation sites excluding steroid dienone is 1. The fourth-order valence-electron chi connectivity index (χ4n) is 1.34. The van der Waals surface area contributed by atoms with Gasteiger partial charge in [0.25, 0.3) is 0 Å². The summed E-state index contributed by atoms with van der Waals surface area (Å²) in [5.41, 5.74) is 0. The van der Waals surface area contributed by atoms with Crippen LogP contribution in [0.2, 0.25) is 0 Å². The lowest BCUT2D eigenvalue weighted by molar-refractivity contribution is 0.143. The summed E-state index contributed by atoms with van der Waals surface area (Å²) in [7, 11) is 0. The topological polar surface area (TPSA) is 9.23 Å². The molecule has 0 radical (unpaired) electrons. The van der Waals surface area contributed by atoms with Crippen molar-refractivity contribution in [3.8, 4) is 0 Å². The van der Waals surface area contributed by atoms with Gasteiger partial charge in [0, 0.05) is 13.2 Å². The second-order valence-electron chi connectivity index (χ2n) is 3.40. The first kappa shape index (κ1) is 12.7. The molecular weight excluding hydrogens is 160 g/mol. The molecule has 0 fully saturated rings. The van der Waals surface area contributed by atoms with E-state index in [1.165, 1.54) is 44.9 Å². The zero-order valence-corrected chi connectivity index (χ0v) is 9.06. The molecule has 1 heteroatoms. The molecule has 0 bridgehead atoms. The second kappa shape index (κ2) is 11.7. The Morgan fingerprint density at radius 2 is 1.62 bits per heavy atom. The number of hydrogen-bond acceptors (Lipinski definition) is 1. The Morgan fingerprint density at radius 3 is 2.23 bits per heavy atom. The van der Waals surface area contributed by atoms with Crippen molar-refractivity contribution in [2.45, 2.75) is 51.9 Å². The Hall–Kier alpha value is -0.300. The lowest BCUT2D eigenvalue weighted by atomic mass is 10.1. The largest absolute Gasteiger partial charge is 0.382 e. The summed E-state index contributed by atoms with van der Waals surface area (Å²) in [6, 6.07) is 0. The van der Waals surface area contributed by atoms with Crippen LogP contribution in [0.5, 0.6) is 0 Å². The Labute approximate surface area is 83.2 Å². The van der Waals surface area contributed by atoms with Crippen LogP contribution in [-0.2, 0) is 4.74 Å². The molecule has 13 heavy (non-hydrogen) atoms. The third-order valence-corrected chi connectivity index (χ3v) is 2.15. The summed E-state index contributed by atoms with van der Waals surface area (Å²) in [5, 5.41) is 0. The van der Waals surface area contributed by atoms with Gasteiger partial charge in [0.2, 0.25) is 0 Å². The molecule has 0 aliphatic rings. The van der Waals surface area contributed by atoms with E-state index in [-0.39, 0.29) is 0 Å². The van der Waals surface area contributed by atoms with Gasteiger partial charge in [-0.05, 0) is 26.2 Å². The molecule has 0 N–H and O–H groups in total. The van der Waals surface area contributed by atoms with Gasteiger partial charge in [-0.3, -0.25) is 0 Å². The van der Waals surface area contributed by atoms with Crippen LogP contribution in [0.3, 0.4) is 0 Å². The van der Waals surface area contributed by atoms with Crippen LogP contribution < -0.4 is 0 Å². The lowest BCUT2D eigenvalue weighted by Crippen LogP contribution is -1.92. The Morgan fingerprint density at radius 1 is 1.00 bits per heavy atom. The quantitative estimate of drug-likeness (QED) is 0.369. The molecule has 0 aliphatic carbocycles. The van der Waals surface area contributed by atoms with Gasteiger partial charge in [-0.1, -0.05) is 31.8 Å². The van der Waals surface area contributed by atoms with Crippen LogP contribution in [0.25, 0.3) is 0 Å². The van der Waals surface area contributed by atoms with Gasteiger partial charge in [0.05, 0.1) is 0 Å². The summed E-state index contributed by atoms with van der Waals surface area (Å²) in [6.45, 7) is 7.57. The van der Waals surface area contributed by atoms with E-state index in [4.69, 9.17) is 4.74 Å². The monoisotopic (exact) mass is 184 g/mol. The van der Waals surface area contributed by atoms with Crippen LogP contribution in [0.1, 0.15) is 51.9 Å². The standard InChI is InChI=1S/C12H24O/c1-3-5-6-7-8-9-10-11-12-13-4-2/h3H,1,4-12H2,2H3. The molecule has 0 unspecified atom stereocenters. The number of ether oxygens (including phenoxy) is 1. The first-order valence-corrected chi connectivity index (χ1v) is 5.60.